The molecule has 1 aromatic carbocycles. The topological polar surface area (TPSA) is 63.4 Å². The van der Waals surface area contributed by atoms with Gasteiger partial charge in [-0.2, -0.15) is 11.3 Å². The van der Waals surface area contributed by atoms with Crippen LogP contribution in [0.1, 0.15) is 22.8 Å². The second-order valence-corrected chi connectivity index (χ2v) is 5.28. The van der Waals surface area contributed by atoms with Gasteiger partial charge in [-0.3, -0.25) is 14.9 Å². The van der Waals surface area contributed by atoms with Crippen molar-refractivity contribution in [1.82, 2.24) is 0 Å². The van der Waals surface area contributed by atoms with Gasteiger partial charge in [-0.1, -0.05) is 0 Å². The fourth-order valence-corrected chi connectivity index (χ4v) is 2.65. The average molecular weight is 290 g/mol. The summed E-state index contributed by atoms with van der Waals surface area (Å²) in [4.78, 5) is 23.9. The van der Waals surface area contributed by atoms with E-state index in [1.165, 1.54) is 19.1 Å². The van der Waals surface area contributed by atoms with Crippen LogP contribution in [-0.2, 0) is 6.54 Å². The van der Waals surface area contributed by atoms with Gasteiger partial charge in [0.05, 0.1) is 4.92 Å². The molecule has 1 heterocycles. The van der Waals surface area contributed by atoms with Crippen LogP contribution in [0.4, 0.5) is 11.4 Å². The van der Waals surface area contributed by atoms with Crippen LogP contribution < -0.4 is 4.90 Å². The molecular formula is C14H14N2O3S. The second-order valence-electron chi connectivity index (χ2n) is 4.50. The average Bonchev–Trinajstić information content (AvgIpc) is 2.90. The van der Waals surface area contributed by atoms with Crippen molar-refractivity contribution in [2.75, 3.05) is 11.9 Å². The highest BCUT2D eigenvalue weighted by atomic mass is 32.1. The molecule has 2 rings (SSSR count). The fourth-order valence-electron chi connectivity index (χ4n) is 1.99. The van der Waals surface area contributed by atoms with E-state index in [9.17, 15) is 14.9 Å². The van der Waals surface area contributed by atoms with E-state index in [0.29, 0.717) is 17.8 Å². The zero-order valence-corrected chi connectivity index (χ0v) is 12.0. The fraction of sp³-hybridized carbons (Fsp3) is 0.214. The third kappa shape index (κ3) is 3.03. The molecule has 0 atom stereocenters. The maximum absolute atomic E-state index is 11.7. The van der Waals surface area contributed by atoms with E-state index in [0.717, 1.165) is 5.56 Å². The highest BCUT2D eigenvalue weighted by Gasteiger charge is 2.16. The maximum Gasteiger partial charge on any atom is 0.270 e. The lowest BCUT2D eigenvalue weighted by molar-refractivity contribution is -0.384. The van der Waals surface area contributed by atoms with E-state index < -0.39 is 4.92 Å². The van der Waals surface area contributed by atoms with Gasteiger partial charge in [-0.15, -0.1) is 0 Å². The van der Waals surface area contributed by atoms with Gasteiger partial charge in [0.1, 0.15) is 0 Å². The SMILES string of the molecule is CC(=O)c1cc([N+](=O)[O-])ccc1N(C)Cc1ccsc1. The minimum absolute atomic E-state index is 0.0668. The molecule has 1 aromatic heterocycles. The molecule has 20 heavy (non-hydrogen) atoms. The largest absolute Gasteiger partial charge is 0.370 e. The first kappa shape index (κ1) is 14.2. The zero-order valence-electron chi connectivity index (χ0n) is 11.2. The summed E-state index contributed by atoms with van der Waals surface area (Å²) in [7, 11) is 1.87. The van der Waals surface area contributed by atoms with Gasteiger partial charge in [-0.05, 0) is 35.4 Å². The molecule has 104 valence electrons. The highest BCUT2D eigenvalue weighted by molar-refractivity contribution is 7.07. The zero-order chi connectivity index (χ0) is 14.7. The third-order valence-electron chi connectivity index (χ3n) is 2.98. The van der Waals surface area contributed by atoms with Gasteiger partial charge in [0.15, 0.2) is 5.78 Å². The lowest BCUT2D eigenvalue weighted by Gasteiger charge is -2.21. The number of carbonyl (C=O) groups excluding carboxylic acids is 1. The molecule has 6 heteroatoms. The van der Waals surface area contributed by atoms with Gasteiger partial charge in [-0.25, -0.2) is 0 Å². The number of thiophene rings is 1. The van der Waals surface area contributed by atoms with Crippen LogP contribution in [-0.4, -0.2) is 17.8 Å². The number of non-ortho nitro benzene ring substituents is 1. The predicted molar refractivity (Wildman–Crippen MR) is 79.5 cm³/mol. The summed E-state index contributed by atoms with van der Waals surface area (Å²) in [5.74, 6) is -0.180. The molecule has 5 nitrogen and oxygen atoms in total. The van der Waals surface area contributed by atoms with Crippen LogP contribution in [0.15, 0.2) is 35.0 Å². The van der Waals surface area contributed by atoms with E-state index >= 15 is 0 Å². The number of anilines is 1. The van der Waals surface area contributed by atoms with Crippen molar-refractivity contribution < 1.29 is 9.72 Å². The molecule has 0 aliphatic heterocycles. The number of hydrogen-bond acceptors (Lipinski definition) is 5. The molecule has 2 aromatic rings. The molecule has 0 fully saturated rings. The van der Waals surface area contributed by atoms with Crippen molar-refractivity contribution >= 4 is 28.5 Å². The Kier molecular flexibility index (Phi) is 4.14. The molecule has 0 aliphatic carbocycles. The smallest absolute Gasteiger partial charge is 0.270 e. The van der Waals surface area contributed by atoms with Crippen LogP contribution in [0, 0.1) is 10.1 Å². The first-order chi connectivity index (χ1) is 9.49. The number of carbonyl (C=O) groups is 1. The van der Waals surface area contributed by atoms with E-state index in [4.69, 9.17) is 0 Å². The lowest BCUT2D eigenvalue weighted by atomic mass is 10.1. The number of ketones is 1. The van der Waals surface area contributed by atoms with Crippen LogP contribution in [0.25, 0.3) is 0 Å². The van der Waals surface area contributed by atoms with Crippen LogP contribution in [0.5, 0.6) is 0 Å². The summed E-state index contributed by atoms with van der Waals surface area (Å²) in [5, 5.41) is 14.8. The number of nitro groups is 1. The normalized spacial score (nSPS) is 10.3. The third-order valence-corrected chi connectivity index (χ3v) is 3.71. The van der Waals surface area contributed by atoms with Crippen LogP contribution >= 0.6 is 11.3 Å². The Labute approximate surface area is 120 Å². The summed E-state index contributed by atoms with van der Waals surface area (Å²) >= 11 is 1.61. The Hall–Kier alpha value is -2.21. The Morgan fingerprint density at radius 3 is 2.70 bits per heavy atom. The van der Waals surface area contributed by atoms with Crippen LogP contribution in [0.2, 0.25) is 0 Å². The monoisotopic (exact) mass is 290 g/mol. The molecule has 0 amide bonds. The molecule has 0 aliphatic rings. The Morgan fingerprint density at radius 2 is 2.15 bits per heavy atom. The van der Waals surface area contributed by atoms with Crippen molar-refractivity contribution in [2.24, 2.45) is 0 Å². The highest BCUT2D eigenvalue weighted by Crippen LogP contribution is 2.26. The van der Waals surface area contributed by atoms with Crippen molar-refractivity contribution in [1.29, 1.82) is 0 Å². The Bertz CT molecular complexity index is 638. The summed E-state index contributed by atoms with van der Waals surface area (Å²) < 4.78 is 0. The van der Waals surface area contributed by atoms with Crippen molar-refractivity contribution in [3.8, 4) is 0 Å². The molecular weight excluding hydrogens is 276 g/mol. The first-order valence-corrected chi connectivity index (χ1v) is 6.95. The van der Waals surface area contributed by atoms with E-state index in [-0.39, 0.29) is 11.5 Å². The molecule has 0 unspecified atom stereocenters. The van der Waals surface area contributed by atoms with E-state index in [2.05, 4.69) is 0 Å². The number of hydrogen-bond donors (Lipinski definition) is 0. The van der Waals surface area contributed by atoms with Crippen molar-refractivity contribution in [3.63, 3.8) is 0 Å². The number of nitrogens with zero attached hydrogens (tertiary/aromatic N) is 2. The van der Waals surface area contributed by atoms with Crippen molar-refractivity contribution in [2.45, 2.75) is 13.5 Å². The molecule has 0 spiro atoms. The number of rotatable bonds is 5. The van der Waals surface area contributed by atoms with E-state index in [1.807, 2.05) is 28.8 Å². The standard InChI is InChI=1S/C14H14N2O3S/c1-10(17)13-7-12(16(18)19)3-4-14(13)15(2)8-11-5-6-20-9-11/h3-7,9H,8H2,1-2H3. The quantitative estimate of drug-likeness (QED) is 0.480. The lowest BCUT2D eigenvalue weighted by Crippen LogP contribution is -2.18. The first-order valence-electron chi connectivity index (χ1n) is 6.00. The molecule has 0 bridgehead atoms. The summed E-state index contributed by atoms with van der Waals surface area (Å²) in [6.07, 6.45) is 0. The van der Waals surface area contributed by atoms with Gasteiger partial charge < -0.3 is 4.90 Å². The van der Waals surface area contributed by atoms with Gasteiger partial charge in [0, 0.05) is 37.0 Å². The number of nitro benzene ring substituents is 1. The second kappa shape index (κ2) is 5.83. The molecule has 0 saturated heterocycles. The van der Waals surface area contributed by atoms with Crippen molar-refractivity contribution in [3.05, 3.63) is 56.3 Å². The van der Waals surface area contributed by atoms with Gasteiger partial charge in [0.2, 0.25) is 0 Å². The Balaban J connectivity index is 2.35. The summed E-state index contributed by atoms with van der Waals surface area (Å²) in [6.45, 7) is 2.07. The molecule has 0 N–H and O–H groups in total. The van der Waals surface area contributed by atoms with Crippen LogP contribution in [0.3, 0.4) is 0 Å². The van der Waals surface area contributed by atoms with Gasteiger partial charge in [0.25, 0.3) is 5.69 Å². The maximum atomic E-state index is 11.7. The Morgan fingerprint density at radius 1 is 1.40 bits per heavy atom. The van der Waals surface area contributed by atoms with E-state index in [1.54, 1.807) is 17.4 Å². The molecule has 0 saturated carbocycles. The minimum atomic E-state index is -0.491. The minimum Gasteiger partial charge on any atom is -0.370 e. The summed E-state index contributed by atoms with van der Waals surface area (Å²) in [5.41, 5.74) is 2.15. The van der Waals surface area contributed by atoms with Gasteiger partial charge >= 0.3 is 0 Å². The summed E-state index contributed by atoms with van der Waals surface area (Å²) in [6, 6.07) is 6.40. The number of Topliss-reactive ketones (excluding diaryl/α,β-unsaturated/α-hetero) is 1. The molecule has 0 radical (unpaired) electrons. The number of benzene rings is 1. The predicted octanol–water partition coefficient (Wildman–Crippen LogP) is 3.50.